The van der Waals surface area contributed by atoms with E-state index in [0.717, 1.165) is 32.0 Å². The molecule has 45 heavy (non-hydrogen) atoms. The van der Waals surface area contributed by atoms with Crippen LogP contribution in [-0.4, -0.2) is 40.2 Å². The van der Waals surface area contributed by atoms with Crippen molar-refractivity contribution in [2.45, 2.75) is 130 Å². The molecule has 1 heterocycles. The molecule has 6 aliphatic rings. The van der Waals surface area contributed by atoms with Crippen LogP contribution in [-0.2, 0) is 14.3 Å². The molecule has 1 saturated heterocycles. The van der Waals surface area contributed by atoms with Crippen molar-refractivity contribution in [2.75, 3.05) is 13.2 Å². The predicted molar refractivity (Wildman–Crippen MR) is 184 cm³/mol. The summed E-state index contributed by atoms with van der Waals surface area (Å²) in [5.41, 5.74) is 2.23. The van der Waals surface area contributed by atoms with Crippen molar-refractivity contribution in [1.29, 1.82) is 0 Å². The minimum absolute atomic E-state index is 0.00256. The van der Waals surface area contributed by atoms with Crippen molar-refractivity contribution in [3.05, 3.63) is 42.5 Å². The van der Waals surface area contributed by atoms with Gasteiger partial charge in [0.2, 0.25) is 0 Å². The fourth-order valence-corrected chi connectivity index (χ4v) is 16.5. The van der Waals surface area contributed by atoms with Crippen LogP contribution in [0.2, 0.25) is 4.82 Å². The van der Waals surface area contributed by atoms with Crippen LogP contribution in [0, 0.1) is 56.7 Å². The van der Waals surface area contributed by atoms with Crippen molar-refractivity contribution in [3.8, 4) is 0 Å². The molecule has 0 aromatic heterocycles. The second kappa shape index (κ2) is 11.6. The molecule has 6 fully saturated rings. The number of rotatable bonds is 6. The zero-order chi connectivity index (χ0) is 31.8. The second-order valence-electron chi connectivity index (χ2n) is 17.9. The van der Waals surface area contributed by atoms with Crippen molar-refractivity contribution in [1.82, 2.24) is 0 Å². The molecule has 1 aromatic carbocycles. The average Bonchev–Trinajstić information content (AvgIpc) is 3.40. The van der Waals surface area contributed by atoms with Crippen LogP contribution < -0.4 is 4.46 Å². The first kappa shape index (κ1) is 32.6. The first-order valence-electron chi connectivity index (χ1n) is 18.5. The number of Topliss-reactive ketones (excluding diaryl/α,β-unsaturated/α-hetero) is 1. The molecule has 0 radical (unpaired) electrons. The Morgan fingerprint density at radius 1 is 0.911 bits per heavy atom. The molecular formula is C41H60O3Se. The van der Waals surface area contributed by atoms with Gasteiger partial charge in [0.05, 0.1) is 0 Å². The topological polar surface area (TPSA) is 35.5 Å². The molecule has 5 aliphatic carbocycles. The van der Waals surface area contributed by atoms with E-state index in [1.54, 1.807) is 0 Å². The molecule has 0 N–H and O–H groups in total. The number of allylic oxidation sites excluding steroid dienone is 1. The summed E-state index contributed by atoms with van der Waals surface area (Å²) in [7, 11) is 0. The van der Waals surface area contributed by atoms with E-state index >= 15 is 0 Å². The Morgan fingerprint density at radius 2 is 1.69 bits per heavy atom. The Bertz CT molecular complexity index is 1280. The van der Waals surface area contributed by atoms with E-state index in [0.29, 0.717) is 40.3 Å². The van der Waals surface area contributed by atoms with Crippen LogP contribution in [0.25, 0.3) is 0 Å². The first-order chi connectivity index (χ1) is 21.4. The Hall–Kier alpha value is -0.931. The van der Waals surface area contributed by atoms with Gasteiger partial charge in [0, 0.05) is 6.61 Å². The van der Waals surface area contributed by atoms with E-state index in [4.69, 9.17) is 9.47 Å². The van der Waals surface area contributed by atoms with Gasteiger partial charge in [-0.1, -0.05) is 0 Å². The van der Waals surface area contributed by atoms with Gasteiger partial charge in [-0.3, -0.25) is 0 Å². The normalized spacial score (nSPS) is 47.2. The van der Waals surface area contributed by atoms with Gasteiger partial charge < -0.3 is 4.74 Å². The molecule has 2 unspecified atom stereocenters. The van der Waals surface area contributed by atoms with Crippen molar-refractivity contribution in [3.63, 3.8) is 0 Å². The Balaban J connectivity index is 1.20. The van der Waals surface area contributed by atoms with Crippen LogP contribution in [0.1, 0.15) is 119 Å². The third kappa shape index (κ3) is 4.96. The maximum absolute atomic E-state index is 14.2. The van der Waals surface area contributed by atoms with Gasteiger partial charge in [-0.05, 0) is 19.3 Å². The van der Waals surface area contributed by atoms with Gasteiger partial charge >= 0.3 is 251 Å². The van der Waals surface area contributed by atoms with Gasteiger partial charge in [0.15, 0.2) is 0 Å². The number of carbonyl (C=O) groups is 1. The van der Waals surface area contributed by atoms with Crippen LogP contribution in [0.3, 0.4) is 0 Å². The zero-order valence-corrected chi connectivity index (χ0v) is 30.9. The van der Waals surface area contributed by atoms with Crippen LogP contribution in [0.4, 0.5) is 0 Å². The van der Waals surface area contributed by atoms with Crippen LogP contribution >= 0.6 is 0 Å². The van der Waals surface area contributed by atoms with Crippen molar-refractivity contribution >= 4 is 25.2 Å². The molecule has 0 spiro atoms. The number of benzene rings is 1. The first-order valence-corrected chi connectivity index (χ1v) is 20.3. The average molecular weight is 680 g/mol. The third-order valence-corrected chi connectivity index (χ3v) is 18.2. The summed E-state index contributed by atoms with van der Waals surface area (Å²) in [5, 5.41) is 0. The molecule has 1 aliphatic heterocycles. The van der Waals surface area contributed by atoms with Crippen LogP contribution in [0.15, 0.2) is 42.5 Å². The van der Waals surface area contributed by atoms with E-state index in [1.165, 1.54) is 74.2 Å². The molecule has 248 valence electrons. The number of hydrogen-bond acceptors (Lipinski definition) is 3. The monoisotopic (exact) mass is 680 g/mol. The number of ketones is 1. The fraction of sp³-hybridized carbons (Fsp3) is 0.780. The Kier molecular flexibility index (Phi) is 8.40. The zero-order valence-electron chi connectivity index (χ0n) is 29.2. The molecule has 1 aromatic rings. The van der Waals surface area contributed by atoms with Gasteiger partial charge in [-0.15, -0.1) is 0 Å². The number of hydrogen-bond donors (Lipinski definition) is 0. The SMILES string of the molecule is C=C(C)[C@@H]1CC[C@]2(COC3CCCCO3)CC[C@]3(C)[C@H](CC[C@@H]4[C@@]5(C)CC([Se]c6ccccc6)C(=O)C(C)(C)[C@@H]5CC[C@]43C)[C@@H]12. The molecule has 5 saturated carbocycles. The summed E-state index contributed by atoms with van der Waals surface area (Å²) in [4.78, 5) is 14.4. The van der Waals surface area contributed by atoms with E-state index in [1.807, 2.05) is 0 Å². The molecule has 3 nitrogen and oxygen atoms in total. The molecule has 0 amide bonds. The summed E-state index contributed by atoms with van der Waals surface area (Å²) in [6.07, 6.45) is 14.8. The van der Waals surface area contributed by atoms with Gasteiger partial charge in [-0.25, -0.2) is 0 Å². The summed E-state index contributed by atoms with van der Waals surface area (Å²) < 4.78 is 14.2. The summed E-state index contributed by atoms with van der Waals surface area (Å²) >= 11 is 0.184. The molecule has 4 heteroatoms. The van der Waals surface area contributed by atoms with E-state index in [2.05, 4.69) is 78.5 Å². The third-order valence-electron chi connectivity index (χ3n) is 15.6. The van der Waals surface area contributed by atoms with Gasteiger partial charge in [-0.2, -0.15) is 0 Å². The summed E-state index contributed by atoms with van der Waals surface area (Å²) in [6, 6.07) is 10.9. The van der Waals surface area contributed by atoms with Crippen molar-refractivity contribution in [2.24, 2.45) is 56.7 Å². The Morgan fingerprint density at radius 3 is 2.40 bits per heavy atom. The fourth-order valence-electron chi connectivity index (χ4n) is 13.3. The predicted octanol–water partition coefficient (Wildman–Crippen LogP) is 9.18. The van der Waals surface area contributed by atoms with E-state index in [9.17, 15) is 4.79 Å². The van der Waals surface area contributed by atoms with Crippen LogP contribution in [0.5, 0.6) is 0 Å². The number of ether oxygens (including phenoxy) is 2. The summed E-state index contributed by atoms with van der Waals surface area (Å²) in [5.74, 6) is 3.71. The molecule has 11 atom stereocenters. The van der Waals surface area contributed by atoms with E-state index < -0.39 is 0 Å². The van der Waals surface area contributed by atoms with Crippen molar-refractivity contribution < 1.29 is 14.3 Å². The van der Waals surface area contributed by atoms with E-state index in [-0.39, 0.29) is 42.3 Å². The summed E-state index contributed by atoms with van der Waals surface area (Å²) in [6.45, 7) is 21.4. The molecule has 0 bridgehead atoms. The maximum atomic E-state index is 14.2. The number of carbonyl (C=O) groups excluding carboxylic acids is 1. The standard InChI is InChI=1S/C41H60O3Se/c1-27(2)29-18-21-41(26-44-34-15-11-12-24-43-34)23-22-39(6)30(35(29)41)16-17-33-38(5)25-31(45-28-13-9-8-10-14-28)36(42)37(3,4)32(38)19-20-40(33,39)7/h8-10,13-14,29-35H,1,11-12,15-26H2,2-7H3/t29-,30+,31?,32-,33+,34?,35+,38-,39+,40+,41+/m0/s1. The Labute approximate surface area is 280 Å². The van der Waals surface area contributed by atoms with Gasteiger partial charge in [0.1, 0.15) is 0 Å². The quantitative estimate of drug-likeness (QED) is 0.222. The minimum atomic E-state index is -0.246. The molecular weight excluding hydrogens is 619 g/mol. The number of fused-ring (bicyclic) bond motifs is 7. The van der Waals surface area contributed by atoms with Gasteiger partial charge in [0.25, 0.3) is 0 Å². The second-order valence-corrected chi connectivity index (χ2v) is 20.5. The molecule has 7 rings (SSSR count).